The van der Waals surface area contributed by atoms with E-state index in [1.165, 1.54) is 0 Å². The summed E-state index contributed by atoms with van der Waals surface area (Å²) < 4.78 is 0. The van der Waals surface area contributed by atoms with Crippen LogP contribution in [-0.2, 0) is 0 Å². The van der Waals surface area contributed by atoms with Crippen LogP contribution in [0.3, 0.4) is 0 Å². The van der Waals surface area contributed by atoms with Crippen LogP contribution in [-0.4, -0.2) is 15.9 Å². The predicted octanol–water partition coefficient (Wildman–Crippen LogP) is 3.36. The highest BCUT2D eigenvalue weighted by molar-refractivity contribution is 6.38. The molecule has 0 radical (unpaired) electrons. The Morgan fingerprint density at radius 1 is 1.00 bits per heavy atom. The SMILES string of the molecule is O=C1C(c2cccc(Cl)n2)=C(O)c2ccccc21. The Balaban J connectivity index is 2.21. The molecule has 0 spiro atoms. The van der Waals surface area contributed by atoms with Crippen LogP contribution in [0.2, 0.25) is 5.15 Å². The Morgan fingerprint density at radius 2 is 1.72 bits per heavy atom. The molecule has 0 saturated carbocycles. The largest absolute Gasteiger partial charge is 0.506 e. The number of rotatable bonds is 1. The van der Waals surface area contributed by atoms with Crippen LogP contribution in [0, 0.1) is 0 Å². The van der Waals surface area contributed by atoms with Gasteiger partial charge in [-0.05, 0) is 12.1 Å². The van der Waals surface area contributed by atoms with Crippen molar-refractivity contribution in [2.75, 3.05) is 0 Å². The number of halogens is 1. The zero-order valence-corrected chi connectivity index (χ0v) is 9.98. The molecule has 3 rings (SSSR count). The van der Waals surface area contributed by atoms with Crippen LogP contribution in [0.1, 0.15) is 21.6 Å². The van der Waals surface area contributed by atoms with Crippen LogP contribution in [0.4, 0.5) is 0 Å². The van der Waals surface area contributed by atoms with Gasteiger partial charge >= 0.3 is 0 Å². The number of hydrogen-bond acceptors (Lipinski definition) is 3. The number of carbonyl (C=O) groups is 1. The molecule has 0 fully saturated rings. The van der Waals surface area contributed by atoms with Gasteiger partial charge in [0, 0.05) is 11.1 Å². The molecule has 1 N–H and O–H groups in total. The minimum atomic E-state index is -0.224. The summed E-state index contributed by atoms with van der Waals surface area (Å²) in [4.78, 5) is 16.3. The van der Waals surface area contributed by atoms with Crippen molar-refractivity contribution in [2.24, 2.45) is 0 Å². The summed E-state index contributed by atoms with van der Waals surface area (Å²) in [5, 5.41) is 10.4. The zero-order valence-electron chi connectivity index (χ0n) is 9.22. The first-order valence-corrected chi connectivity index (χ1v) is 5.76. The number of benzene rings is 1. The number of pyridine rings is 1. The lowest BCUT2D eigenvalue weighted by molar-refractivity contribution is 0.105. The molecule has 4 heteroatoms. The van der Waals surface area contributed by atoms with E-state index in [1.54, 1.807) is 42.5 Å². The van der Waals surface area contributed by atoms with E-state index in [0.717, 1.165) is 0 Å². The number of aliphatic hydroxyl groups is 1. The number of ketones is 1. The second-order valence-electron chi connectivity index (χ2n) is 3.94. The number of Topliss-reactive ketones (excluding diaryl/α,β-unsaturated/α-hetero) is 1. The first kappa shape index (κ1) is 11.0. The number of hydrogen-bond donors (Lipinski definition) is 1. The smallest absolute Gasteiger partial charge is 0.199 e. The Hall–Kier alpha value is -2.13. The molecule has 0 bridgehead atoms. The molecule has 0 amide bonds. The van der Waals surface area contributed by atoms with Gasteiger partial charge in [0.05, 0.1) is 11.3 Å². The van der Waals surface area contributed by atoms with E-state index in [9.17, 15) is 9.90 Å². The van der Waals surface area contributed by atoms with Gasteiger partial charge in [-0.2, -0.15) is 0 Å². The summed E-state index contributed by atoms with van der Waals surface area (Å²) in [6.45, 7) is 0. The monoisotopic (exact) mass is 257 g/mol. The minimum absolute atomic E-state index is 0.0367. The van der Waals surface area contributed by atoms with Crippen molar-refractivity contribution < 1.29 is 9.90 Å². The standard InChI is InChI=1S/C14H8ClNO2/c15-11-7-3-6-10(16-11)12-13(17)8-4-1-2-5-9(8)14(12)18/h1-7,17H. The molecule has 1 heterocycles. The fourth-order valence-electron chi connectivity index (χ4n) is 2.05. The summed E-state index contributed by atoms with van der Waals surface area (Å²) in [5.41, 5.74) is 1.63. The third-order valence-electron chi connectivity index (χ3n) is 2.86. The molecule has 0 atom stereocenters. The van der Waals surface area contributed by atoms with Crippen molar-refractivity contribution in [1.82, 2.24) is 4.98 Å². The van der Waals surface area contributed by atoms with E-state index in [2.05, 4.69) is 4.98 Å². The molecular weight excluding hydrogens is 250 g/mol. The van der Waals surface area contributed by atoms with Gasteiger partial charge in [-0.3, -0.25) is 4.79 Å². The number of carbonyl (C=O) groups excluding carboxylic acids is 1. The maximum atomic E-state index is 12.2. The van der Waals surface area contributed by atoms with Crippen molar-refractivity contribution >= 4 is 28.7 Å². The molecule has 1 aromatic carbocycles. The van der Waals surface area contributed by atoms with Crippen LogP contribution in [0.5, 0.6) is 0 Å². The number of nitrogens with zero attached hydrogens (tertiary/aromatic N) is 1. The quantitative estimate of drug-likeness (QED) is 0.797. The van der Waals surface area contributed by atoms with Crippen molar-refractivity contribution in [2.45, 2.75) is 0 Å². The molecular formula is C14H8ClNO2. The van der Waals surface area contributed by atoms with Crippen molar-refractivity contribution in [3.05, 3.63) is 64.4 Å². The molecule has 88 valence electrons. The summed E-state index contributed by atoms with van der Waals surface area (Å²) in [6.07, 6.45) is 0. The molecule has 18 heavy (non-hydrogen) atoms. The molecule has 1 aromatic heterocycles. The van der Waals surface area contributed by atoms with Gasteiger partial charge in [-0.15, -0.1) is 0 Å². The molecule has 0 unspecified atom stereocenters. The maximum Gasteiger partial charge on any atom is 0.199 e. The molecule has 1 aliphatic carbocycles. The second kappa shape index (κ2) is 3.96. The van der Waals surface area contributed by atoms with Crippen LogP contribution >= 0.6 is 11.6 Å². The van der Waals surface area contributed by atoms with Crippen molar-refractivity contribution in [3.63, 3.8) is 0 Å². The number of fused-ring (bicyclic) bond motifs is 1. The minimum Gasteiger partial charge on any atom is -0.506 e. The Labute approximate surface area is 108 Å². The number of allylic oxidation sites excluding steroid dienone is 1. The highest BCUT2D eigenvalue weighted by Crippen LogP contribution is 2.35. The normalized spacial score (nSPS) is 13.9. The Morgan fingerprint density at radius 3 is 2.39 bits per heavy atom. The van der Waals surface area contributed by atoms with Crippen molar-refractivity contribution in [3.8, 4) is 0 Å². The molecule has 2 aromatic rings. The molecule has 0 aliphatic heterocycles. The highest BCUT2D eigenvalue weighted by atomic mass is 35.5. The van der Waals surface area contributed by atoms with E-state index < -0.39 is 0 Å². The molecule has 0 saturated heterocycles. The lowest BCUT2D eigenvalue weighted by Crippen LogP contribution is -2.00. The van der Waals surface area contributed by atoms with E-state index >= 15 is 0 Å². The number of aromatic nitrogens is 1. The van der Waals surface area contributed by atoms with E-state index in [1.807, 2.05) is 0 Å². The van der Waals surface area contributed by atoms with Gasteiger partial charge in [0.2, 0.25) is 0 Å². The van der Waals surface area contributed by atoms with Crippen LogP contribution in [0.15, 0.2) is 42.5 Å². The lowest BCUT2D eigenvalue weighted by atomic mass is 10.1. The first-order valence-electron chi connectivity index (χ1n) is 5.39. The van der Waals surface area contributed by atoms with Gasteiger partial charge in [0.1, 0.15) is 10.9 Å². The summed E-state index contributed by atoms with van der Waals surface area (Å²) in [7, 11) is 0. The van der Waals surface area contributed by atoms with Gasteiger partial charge in [-0.25, -0.2) is 4.98 Å². The molecule has 1 aliphatic rings. The summed E-state index contributed by atoms with van der Waals surface area (Å²) >= 11 is 5.80. The zero-order chi connectivity index (χ0) is 12.7. The predicted molar refractivity (Wildman–Crippen MR) is 69.5 cm³/mol. The maximum absolute atomic E-state index is 12.2. The highest BCUT2D eigenvalue weighted by Gasteiger charge is 2.30. The van der Waals surface area contributed by atoms with Crippen LogP contribution < -0.4 is 0 Å². The summed E-state index contributed by atoms with van der Waals surface area (Å²) in [6, 6.07) is 11.9. The topological polar surface area (TPSA) is 50.2 Å². The molecule has 3 nitrogen and oxygen atoms in total. The average Bonchev–Trinajstić information content (AvgIpc) is 2.63. The van der Waals surface area contributed by atoms with Gasteiger partial charge in [0.25, 0.3) is 0 Å². The third kappa shape index (κ3) is 1.52. The van der Waals surface area contributed by atoms with Gasteiger partial charge in [-0.1, -0.05) is 41.9 Å². The fraction of sp³-hybridized carbons (Fsp3) is 0. The fourth-order valence-corrected chi connectivity index (χ4v) is 2.21. The van der Waals surface area contributed by atoms with Gasteiger partial charge in [0.15, 0.2) is 5.78 Å². The summed E-state index contributed by atoms with van der Waals surface area (Å²) in [5.74, 6) is -0.261. The number of aliphatic hydroxyl groups excluding tert-OH is 1. The Kier molecular flexibility index (Phi) is 2.42. The lowest BCUT2D eigenvalue weighted by Gasteiger charge is -2.01. The van der Waals surface area contributed by atoms with E-state index in [4.69, 9.17) is 11.6 Å². The van der Waals surface area contributed by atoms with Gasteiger partial charge < -0.3 is 5.11 Å². The Bertz CT molecular complexity index is 692. The first-order chi connectivity index (χ1) is 8.68. The van der Waals surface area contributed by atoms with E-state index in [0.29, 0.717) is 16.8 Å². The van der Waals surface area contributed by atoms with Crippen molar-refractivity contribution in [1.29, 1.82) is 0 Å². The third-order valence-corrected chi connectivity index (χ3v) is 3.07. The van der Waals surface area contributed by atoms with E-state index in [-0.39, 0.29) is 22.3 Å². The average molecular weight is 258 g/mol. The second-order valence-corrected chi connectivity index (χ2v) is 4.33. The van der Waals surface area contributed by atoms with Crippen LogP contribution in [0.25, 0.3) is 11.3 Å².